The van der Waals surface area contributed by atoms with Gasteiger partial charge in [-0.1, -0.05) is 20.8 Å². The Bertz CT molecular complexity index is 434. The van der Waals surface area contributed by atoms with Gasteiger partial charge >= 0.3 is 0 Å². The van der Waals surface area contributed by atoms with Gasteiger partial charge in [0.2, 0.25) is 0 Å². The Morgan fingerprint density at radius 3 is 2.85 bits per heavy atom. The molecule has 4 nitrogen and oxygen atoms in total. The van der Waals surface area contributed by atoms with Crippen LogP contribution in [0.25, 0.3) is 0 Å². The molecule has 1 N–H and O–H groups in total. The van der Waals surface area contributed by atoms with Crippen molar-refractivity contribution in [3.05, 3.63) is 23.3 Å². The molecule has 1 heterocycles. The fraction of sp³-hybridized carbons (Fsp3) is 0.750. The van der Waals surface area contributed by atoms with Crippen LogP contribution >= 0.6 is 0 Å². The summed E-state index contributed by atoms with van der Waals surface area (Å²) in [5.74, 6) is 1.24. The van der Waals surface area contributed by atoms with Crippen molar-refractivity contribution >= 4 is 0 Å². The number of hydrogen-bond donors (Lipinski definition) is 1. The zero-order valence-corrected chi connectivity index (χ0v) is 13.1. The first-order chi connectivity index (χ1) is 9.67. The summed E-state index contributed by atoms with van der Waals surface area (Å²) in [5, 5.41) is 3.53. The van der Waals surface area contributed by atoms with E-state index in [9.17, 15) is 0 Å². The molecule has 2 rings (SSSR count). The van der Waals surface area contributed by atoms with Crippen molar-refractivity contribution in [2.75, 3.05) is 13.2 Å². The minimum Gasteiger partial charge on any atom is -0.370 e. The summed E-state index contributed by atoms with van der Waals surface area (Å²) in [4.78, 5) is 9.40. The molecule has 4 heteroatoms. The molecule has 1 aliphatic carbocycles. The molecule has 0 amide bonds. The number of ether oxygens (including phenoxy) is 1. The third-order valence-corrected chi connectivity index (χ3v) is 3.86. The zero-order valence-electron chi connectivity index (χ0n) is 13.1. The summed E-state index contributed by atoms with van der Waals surface area (Å²) in [6.07, 6.45) is 5.46. The smallest absolute Gasteiger partial charge is 0.157 e. The van der Waals surface area contributed by atoms with Crippen molar-refractivity contribution in [2.24, 2.45) is 5.92 Å². The van der Waals surface area contributed by atoms with E-state index in [1.165, 1.54) is 24.1 Å². The van der Waals surface area contributed by atoms with Gasteiger partial charge in [0.15, 0.2) is 5.82 Å². The maximum absolute atomic E-state index is 5.81. The van der Waals surface area contributed by atoms with Crippen LogP contribution in [0.2, 0.25) is 0 Å². The van der Waals surface area contributed by atoms with Crippen molar-refractivity contribution in [2.45, 2.75) is 59.1 Å². The average Bonchev–Trinajstić information content (AvgIpc) is 2.44. The molecule has 0 saturated carbocycles. The second-order valence-electron chi connectivity index (χ2n) is 5.75. The second-order valence-corrected chi connectivity index (χ2v) is 5.75. The molecule has 1 aromatic heterocycles. The normalized spacial score (nSPS) is 19.9. The Balaban J connectivity index is 2.26. The minimum absolute atomic E-state index is 0.00445. The van der Waals surface area contributed by atoms with Crippen LogP contribution in [-0.2, 0) is 11.2 Å². The summed E-state index contributed by atoms with van der Waals surface area (Å²) in [7, 11) is 0. The van der Waals surface area contributed by atoms with Crippen LogP contribution in [0.4, 0.5) is 0 Å². The Morgan fingerprint density at radius 1 is 1.40 bits per heavy atom. The molecule has 20 heavy (non-hydrogen) atoms. The van der Waals surface area contributed by atoms with Gasteiger partial charge in [0.25, 0.3) is 0 Å². The van der Waals surface area contributed by atoms with Crippen LogP contribution in [-0.4, -0.2) is 23.1 Å². The molecule has 1 aliphatic rings. The lowest BCUT2D eigenvalue weighted by atomic mass is 9.92. The third-order valence-electron chi connectivity index (χ3n) is 3.86. The molecular formula is C16H27N3O. The summed E-state index contributed by atoms with van der Waals surface area (Å²) < 4.78 is 5.81. The molecule has 0 spiro atoms. The van der Waals surface area contributed by atoms with E-state index in [2.05, 4.69) is 31.1 Å². The van der Waals surface area contributed by atoms with Crippen LogP contribution in [0.5, 0.6) is 0 Å². The van der Waals surface area contributed by atoms with Gasteiger partial charge in [0.1, 0.15) is 6.10 Å². The monoisotopic (exact) mass is 277 g/mol. The average molecular weight is 277 g/mol. The van der Waals surface area contributed by atoms with Gasteiger partial charge in [0.05, 0.1) is 0 Å². The maximum atomic E-state index is 5.81. The number of aryl methyl sites for hydroxylation is 1. The van der Waals surface area contributed by atoms with Crippen LogP contribution < -0.4 is 5.32 Å². The van der Waals surface area contributed by atoms with E-state index in [4.69, 9.17) is 9.72 Å². The zero-order chi connectivity index (χ0) is 14.5. The minimum atomic E-state index is 0.00445. The molecule has 2 unspecified atom stereocenters. The van der Waals surface area contributed by atoms with Gasteiger partial charge in [-0.15, -0.1) is 0 Å². The second kappa shape index (κ2) is 7.14. The van der Waals surface area contributed by atoms with Gasteiger partial charge in [0, 0.05) is 30.1 Å². The first kappa shape index (κ1) is 15.4. The number of aromatic nitrogens is 2. The Morgan fingerprint density at radius 2 is 2.20 bits per heavy atom. The summed E-state index contributed by atoms with van der Waals surface area (Å²) in [6, 6.07) is 0.419. The largest absolute Gasteiger partial charge is 0.370 e. The molecule has 0 bridgehead atoms. The number of nitrogens with zero attached hydrogens (tertiary/aromatic N) is 2. The SMILES string of the molecule is CCNC1CCCc2nc(C(OCC)C(C)C)ncc21. The van der Waals surface area contributed by atoms with E-state index in [1.54, 1.807) is 0 Å². The fourth-order valence-corrected chi connectivity index (χ4v) is 2.90. The Hall–Kier alpha value is -1.00. The van der Waals surface area contributed by atoms with Crippen molar-refractivity contribution in [1.82, 2.24) is 15.3 Å². The molecule has 0 aromatic carbocycles. The molecule has 0 aliphatic heterocycles. The van der Waals surface area contributed by atoms with Gasteiger partial charge in [-0.05, 0) is 38.6 Å². The summed E-state index contributed by atoms with van der Waals surface area (Å²) in [6.45, 7) is 10.2. The van der Waals surface area contributed by atoms with Gasteiger partial charge in [-0.2, -0.15) is 0 Å². The quantitative estimate of drug-likeness (QED) is 0.867. The van der Waals surface area contributed by atoms with E-state index in [0.717, 1.165) is 18.8 Å². The van der Waals surface area contributed by atoms with Crippen LogP contribution in [0.3, 0.4) is 0 Å². The molecular weight excluding hydrogens is 250 g/mol. The highest BCUT2D eigenvalue weighted by molar-refractivity contribution is 5.25. The van der Waals surface area contributed by atoms with Gasteiger partial charge in [-0.3, -0.25) is 0 Å². The van der Waals surface area contributed by atoms with Gasteiger partial charge in [-0.25, -0.2) is 9.97 Å². The van der Waals surface area contributed by atoms with Crippen molar-refractivity contribution in [1.29, 1.82) is 0 Å². The molecule has 112 valence electrons. The highest BCUT2D eigenvalue weighted by atomic mass is 16.5. The van der Waals surface area contributed by atoms with Crippen LogP contribution in [0.1, 0.15) is 69.8 Å². The molecule has 1 aromatic rings. The first-order valence-electron chi connectivity index (χ1n) is 7.88. The van der Waals surface area contributed by atoms with E-state index in [-0.39, 0.29) is 6.10 Å². The predicted molar refractivity (Wildman–Crippen MR) is 80.6 cm³/mol. The third kappa shape index (κ3) is 3.36. The summed E-state index contributed by atoms with van der Waals surface area (Å²) >= 11 is 0. The van der Waals surface area contributed by atoms with Gasteiger partial charge < -0.3 is 10.1 Å². The van der Waals surface area contributed by atoms with E-state index >= 15 is 0 Å². The highest BCUT2D eigenvalue weighted by Crippen LogP contribution is 2.30. The maximum Gasteiger partial charge on any atom is 0.157 e. The number of fused-ring (bicyclic) bond motifs is 1. The van der Waals surface area contributed by atoms with Crippen LogP contribution in [0.15, 0.2) is 6.20 Å². The molecule has 0 radical (unpaired) electrons. The topological polar surface area (TPSA) is 47.0 Å². The van der Waals surface area contributed by atoms with E-state index in [0.29, 0.717) is 18.6 Å². The lowest BCUT2D eigenvalue weighted by Gasteiger charge is -2.27. The van der Waals surface area contributed by atoms with E-state index < -0.39 is 0 Å². The standard InChI is InChI=1S/C16H27N3O/c1-5-17-13-8-7-9-14-12(13)10-18-16(19-14)15(11(3)4)20-6-2/h10-11,13,15,17H,5-9H2,1-4H3. The first-order valence-corrected chi connectivity index (χ1v) is 7.88. The highest BCUT2D eigenvalue weighted by Gasteiger charge is 2.25. The molecule has 0 saturated heterocycles. The molecule has 2 atom stereocenters. The predicted octanol–water partition coefficient (Wildman–Crippen LogP) is 3.20. The van der Waals surface area contributed by atoms with Crippen molar-refractivity contribution < 1.29 is 4.74 Å². The lowest BCUT2D eigenvalue weighted by molar-refractivity contribution is 0.0229. The summed E-state index contributed by atoms with van der Waals surface area (Å²) in [5.41, 5.74) is 2.48. The molecule has 0 fully saturated rings. The van der Waals surface area contributed by atoms with Crippen molar-refractivity contribution in [3.8, 4) is 0 Å². The van der Waals surface area contributed by atoms with Crippen molar-refractivity contribution in [3.63, 3.8) is 0 Å². The Labute approximate surface area is 122 Å². The number of nitrogens with one attached hydrogen (secondary N) is 1. The Kier molecular flexibility index (Phi) is 5.49. The van der Waals surface area contributed by atoms with Crippen LogP contribution in [0, 0.1) is 5.92 Å². The fourth-order valence-electron chi connectivity index (χ4n) is 2.90. The lowest BCUT2D eigenvalue weighted by Crippen LogP contribution is -2.27. The van der Waals surface area contributed by atoms with E-state index in [1.807, 2.05) is 13.1 Å². The number of rotatable bonds is 6. The number of hydrogen-bond acceptors (Lipinski definition) is 4.